The van der Waals surface area contributed by atoms with Crippen LogP contribution >= 0.6 is 11.6 Å². The summed E-state index contributed by atoms with van der Waals surface area (Å²) in [5, 5.41) is 3.25. The Hall–Kier alpha value is -1.13. The number of ether oxygens (including phenoxy) is 1. The van der Waals surface area contributed by atoms with Gasteiger partial charge in [0.05, 0.1) is 11.4 Å². The number of nitrogens with zero attached hydrogens (tertiary/aromatic N) is 1. The molecule has 0 aliphatic carbocycles. The molecule has 4 nitrogen and oxygen atoms in total. The molecule has 1 aromatic rings. The monoisotopic (exact) mass is 254 g/mol. The average Bonchev–Trinajstić information content (AvgIpc) is 2.68. The largest absolute Gasteiger partial charge is 0.368 e. The molecule has 1 saturated heterocycles. The smallest absolute Gasteiger partial charge is 0.253 e. The molecule has 0 saturated carbocycles. The summed E-state index contributed by atoms with van der Waals surface area (Å²) in [6.07, 6.45) is 0.570. The van der Waals surface area contributed by atoms with Gasteiger partial charge in [-0.3, -0.25) is 4.79 Å². The molecule has 2 atom stereocenters. The van der Waals surface area contributed by atoms with Crippen LogP contribution in [0, 0.1) is 12.8 Å². The number of anilines is 1. The van der Waals surface area contributed by atoms with Gasteiger partial charge < -0.3 is 10.1 Å². The minimum absolute atomic E-state index is 0.109. The van der Waals surface area contributed by atoms with Gasteiger partial charge in [-0.15, -0.1) is 0 Å². The Kier molecular flexibility index (Phi) is 3.64. The molecule has 0 spiro atoms. The van der Waals surface area contributed by atoms with Crippen molar-refractivity contribution in [2.45, 2.75) is 26.4 Å². The van der Waals surface area contributed by atoms with Crippen LogP contribution in [-0.4, -0.2) is 23.6 Å². The van der Waals surface area contributed by atoms with E-state index in [1.165, 1.54) is 0 Å². The summed E-state index contributed by atoms with van der Waals surface area (Å²) in [5.41, 5.74) is 1.39. The lowest BCUT2D eigenvalue weighted by Crippen LogP contribution is -2.31. The lowest BCUT2D eigenvalue weighted by molar-refractivity contribution is -0.126. The second-order valence-electron chi connectivity index (χ2n) is 4.31. The number of halogens is 1. The number of hydrogen-bond donors (Lipinski definition) is 1. The summed E-state index contributed by atoms with van der Waals surface area (Å²) in [7, 11) is 0. The highest BCUT2D eigenvalue weighted by molar-refractivity contribution is 6.29. The van der Waals surface area contributed by atoms with E-state index in [4.69, 9.17) is 16.3 Å². The first-order valence-electron chi connectivity index (χ1n) is 5.63. The fraction of sp³-hybridized carbons (Fsp3) is 0.500. The number of hydrogen-bond acceptors (Lipinski definition) is 3. The van der Waals surface area contributed by atoms with E-state index < -0.39 is 0 Å². The third-order valence-corrected chi connectivity index (χ3v) is 3.17. The first kappa shape index (κ1) is 12.3. The normalized spacial score (nSPS) is 23.7. The summed E-state index contributed by atoms with van der Waals surface area (Å²) in [4.78, 5) is 16.0. The number of aryl methyl sites for hydroxylation is 1. The van der Waals surface area contributed by atoms with E-state index in [2.05, 4.69) is 10.3 Å². The van der Waals surface area contributed by atoms with Crippen LogP contribution in [0.1, 0.15) is 19.0 Å². The van der Waals surface area contributed by atoms with E-state index in [-0.39, 0.29) is 17.9 Å². The summed E-state index contributed by atoms with van der Waals surface area (Å²) >= 11 is 5.76. The van der Waals surface area contributed by atoms with Gasteiger partial charge >= 0.3 is 0 Å². The van der Waals surface area contributed by atoms with Gasteiger partial charge in [0.1, 0.15) is 11.3 Å². The van der Waals surface area contributed by atoms with Crippen LogP contribution in [-0.2, 0) is 9.53 Å². The van der Waals surface area contributed by atoms with Crippen molar-refractivity contribution in [1.29, 1.82) is 0 Å². The highest BCUT2D eigenvalue weighted by atomic mass is 35.5. The second-order valence-corrected chi connectivity index (χ2v) is 4.70. The van der Waals surface area contributed by atoms with Crippen LogP contribution in [0.5, 0.6) is 0 Å². The van der Waals surface area contributed by atoms with E-state index in [1.807, 2.05) is 6.92 Å². The first-order valence-corrected chi connectivity index (χ1v) is 6.01. The molecule has 0 bridgehead atoms. The van der Waals surface area contributed by atoms with Crippen molar-refractivity contribution >= 4 is 23.2 Å². The molecule has 1 aromatic heterocycles. The van der Waals surface area contributed by atoms with Gasteiger partial charge in [-0.25, -0.2) is 4.98 Å². The zero-order valence-corrected chi connectivity index (χ0v) is 10.6. The maximum absolute atomic E-state index is 12.0. The maximum Gasteiger partial charge on any atom is 0.253 e. The maximum atomic E-state index is 12.0. The zero-order valence-electron chi connectivity index (χ0n) is 9.87. The van der Waals surface area contributed by atoms with Crippen molar-refractivity contribution in [3.63, 3.8) is 0 Å². The number of carbonyl (C=O) groups excluding carboxylic acids is 1. The van der Waals surface area contributed by atoms with Gasteiger partial charge in [0.15, 0.2) is 0 Å². The Bertz CT molecular complexity index is 437. The first-order chi connectivity index (χ1) is 8.08. The number of nitrogens with one attached hydrogen (secondary N) is 1. The lowest BCUT2D eigenvalue weighted by atomic mass is 10.0. The molecule has 2 heterocycles. The van der Waals surface area contributed by atoms with E-state index in [9.17, 15) is 4.79 Å². The van der Waals surface area contributed by atoms with Crippen molar-refractivity contribution in [2.24, 2.45) is 5.92 Å². The van der Waals surface area contributed by atoms with E-state index >= 15 is 0 Å². The molecule has 1 N–H and O–H groups in total. The van der Waals surface area contributed by atoms with Gasteiger partial charge in [0, 0.05) is 6.61 Å². The number of amides is 1. The molecule has 0 radical (unpaired) electrons. The fourth-order valence-corrected chi connectivity index (χ4v) is 2.09. The third-order valence-electron chi connectivity index (χ3n) is 2.96. The van der Waals surface area contributed by atoms with Gasteiger partial charge in [-0.05, 0) is 31.4 Å². The van der Waals surface area contributed by atoms with E-state index in [1.54, 1.807) is 19.1 Å². The summed E-state index contributed by atoms with van der Waals surface area (Å²) in [6, 6.07) is 3.41. The molecule has 92 valence electrons. The molecule has 1 aliphatic heterocycles. The van der Waals surface area contributed by atoms with Crippen LogP contribution in [0.15, 0.2) is 12.1 Å². The van der Waals surface area contributed by atoms with Crippen LogP contribution in [0.3, 0.4) is 0 Å². The molecular weight excluding hydrogens is 240 g/mol. The van der Waals surface area contributed by atoms with Crippen molar-refractivity contribution in [3.05, 3.63) is 23.0 Å². The summed E-state index contributed by atoms with van der Waals surface area (Å²) in [6.45, 7) is 4.47. The molecule has 17 heavy (non-hydrogen) atoms. The van der Waals surface area contributed by atoms with Crippen LogP contribution in [0.4, 0.5) is 5.69 Å². The predicted molar refractivity (Wildman–Crippen MR) is 66.1 cm³/mol. The van der Waals surface area contributed by atoms with Gasteiger partial charge in [0.2, 0.25) is 0 Å². The highest BCUT2D eigenvalue weighted by Crippen LogP contribution is 2.22. The molecule has 1 aliphatic rings. The Balaban J connectivity index is 2.07. The van der Waals surface area contributed by atoms with E-state index in [0.29, 0.717) is 23.1 Å². The minimum Gasteiger partial charge on any atom is -0.368 e. The Labute approximate surface area is 105 Å². The Morgan fingerprint density at radius 1 is 1.59 bits per heavy atom. The number of rotatable bonds is 2. The van der Waals surface area contributed by atoms with Crippen LogP contribution in [0.25, 0.3) is 0 Å². The van der Waals surface area contributed by atoms with E-state index in [0.717, 1.165) is 6.42 Å². The predicted octanol–water partition coefficient (Wildman–Crippen LogP) is 2.41. The number of aromatic nitrogens is 1. The molecule has 0 aromatic carbocycles. The topological polar surface area (TPSA) is 51.2 Å². The van der Waals surface area contributed by atoms with Crippen LogP contribution in [0.2, 0.25) is 5.15 Å². The van der Waals surface area contributed by atoms with Crippen molar-refractivity contribution < 1.29 is 9.53 Å². The molecule has 5 heteroatoms. The number of carbonyl (C=O) groups is 1. The Morgan fingerprint density at radius 2 is 2.35 bits per heavy atom. The number of pyridine rings is 1. The lowest BCUT2D eigenvalue weighted by Gasteiger charge is -2.15. The van der Waals surface area contributed by atoms with Gasteiger partial charge in [-0.1, -0.05) is 18.5 Å². The molecule has 2 rings (SSSR count). The molecule has 2 unspecified atom stereocenters. The second kappa shape index (κ2) is 5.02. The van der Waals surface area contributed by atoms with Crippen molar-refractivity contribution in [2.75, 3.05) is 11.9 Å². The minimum atomic E-state index is -0.356. The molecule has 1 fully saturated rings. The van der Waals surface area contributed by atoms with Crippen LogP contribution < -0.4 is 5.32 Å². The Morgan fingerprint density at radius 3 is 2.94 bits per heavy atom. The molecular formula is C12H15ClN2O2. The SMILES string of the molecule is Cc1nc(Cl)ccc1NC(=O)C1OCCC1C. The highest BCUT2D eigenvalue weighted by Gasteiger charge is 2.31. The van der Waals surface area contributed by atoms with Gasteiger partial charge in [-0.2, -0.15) is 0 Å². The van der Waals surface area contributed by atoms with Crippen molar-refractivity contribution in [3.8, 4) is 0 Å². The quantitative estimate of drug-likeness (QED) is 0.825. The van der Waals surface area contributed by atoms with Gasteiger partial charge in [0.25, 0.3) is 5.91 Å². The molecule has 1 amide bonds. The zero-order chi connectivity index (χ0) is 12.4. The fourth-order valence-electron chi connectivity index (χ4n) is 1.90. The average molecular weight is 255 g/mol. The third kappa shape index (κ3) is 2.76. The summed E-state index contributed by atoms with van der Waals surface area (Å²) < 4.78 is 5.40. The standard InChI is InChI=1S/C12H15ClN2O2/c1-7-5-6-17-11(7)12(16)15-9-3-4-10(13)14-8(9)2/h3-4,7,11H,5-6H2,1-2H3,(H,15,16). The summed E-state index contributed by atoms with van der Waals surface area (Å²) in [5.74, 6) is 0.151. The van der Waals surface area contributed by atoms with Crippen molar-refractivity contribution in [1.82, 2.24) is 4.98 Å².